The Labute approximate surface area is 108 Å². The van der Waals surface area contributed by atoms with Gasteiger partial charge in [0.05, 0.1) is 5.56 Å². The molecular formula is C12H13FN2O4. The second-order valence-electron chi connectivity index (χ2n) is 3.62. The summed E-state index contributed by atoms with van der Waals surface area (Å²) < 4.78 is 17.5. The number of halogens is 1. The summed E-state index contributed by atoms with van der Waals surface area (Å²) in [5.41, 5.74) is 0.112. The summed E-state index contributed by atoms with van der Waals surface area (Å²) in [5.74, 6) is -2.02. The zero-order chi connectivity index (χ0) is 14.4. The first-order valence-corrected chi connectivity index (χ1v) is 5.43. The van der Waals surface area contributed by atoms with Crippen LogP contribution in [0.15, 0.2) is 24.3 Å². The lowest BCUT2D eigenvalue weighted by Crippen LogP contribution is -2.43. The lowest BCUT2D eigenvalue weighted by atomic mass is 10.2. The molecule has 1 aromatic carbocycles. The third kappa shape index (κ3) is 4.38. The van der Waals surface area contributed by atoms with E-state index in [1.54, 1.807) is 0 Å². The second-order valence-corrected chi connectivity index (χ2v) is 3.62. The Hall–Kier alpha value is -2.44. The molecule has 1 unspecified atom stereocenters. The molecular weight excluding hydrogens is 255 g/mol. The highest BCUT2D eigenvalue weighted by molar-refractivity contribution is 5.98. The summed E-state index contributed by atoms with van der Waals surface area (Å²) in [6, 6.07) is 3.98. The van der Waals surface area contributed by atoms with Gasteiger partial charge in [0, 0.05) is 7.05 Å². The number of hydrogen-bond donors (Lipinski definition) is 2. The highest BCUT2D eigenvalue weighted by atomic mass is 19.1. The van der Waals surface area contributed by atoms with E-state index in [9.17, 15) is 18.8 Å². The summed E-state index contributed by atoms with van der Waals surface area (Å²) in [4.78, 5) is 33.9. The summed E-state index contributed by atoms with van der Waals surface area (Å²) in [6.07, 6.45) is -1.14. The van der Waals surface area contributed by atoms with Gasteiger partial charge in [0.15, 0.2) is 6.10 Å². The number of hydrogen-bond acceptors (Lipinski definition) is 4. The molecule has 0 heterocycles. The van der Waals surface area contributed by atoms with Gasteiger partial charge in [0.2, 0.25) is 0 Å². The van der Waals surface area contributed by atoms with Crippen LogP contribution in [0, 0.1) is 5.82 Å². The SMILES string of the molecule is CNC(=O)NC(=O)C(C)OC(=O)c1ccc(F)cc1. The molecule has 102 valence electrons. The number of amides is 3. The number of ether oxygens (including phenoxy) is 1. The van der Waals surface area contributed by atoms with E-state index >= 15 is 0 Å². The standard InChI is InChI=1S/C12H13FN2O4/c1-7(10(16)15-12(18)14-2)19-11(17)8-3-5-9(13)6-4-8/h3-7H,1-2H3,(H2,14,15,16,18). The largest absolute Gasteiger partial charge is 0.449 e. The molecule has 0 saturated heterocycles. The van der Waals surface area contributed by atoms with Gasteiger partial charge in [-0.15, -0.1) is 0 Å². The van der Waals surface area contributed by atoms with Crippen molar-refractivity contribution in [2.24, 2.45) is 0 Å². The number of rotatable bonds is 3. The summed E-state index contributed by atoms with van der Waals surface area (Å²) in [6.45, 7) is 1.32. The fraction of sp³-hybridized carbons (Fsp3) is 0.250. The third-order valence-corrected chi connectivity index (χ3v) is 2.20. The Balaban J connectivity index is 2.59. The van der Waals surface area contributed by atoms with Crippen molar-refractivity contribution in [1.29, 1.82) is 0 Å². The van der Waals surface area contributed by atoms with E-state index in [0.717, 1.165) is 12.1 Å². The quantitative estimate of drug-likeness (QED) is 0.795. The Kier molecular flexibility index (Phi) is 4.99. The Morgan fingerprint density at radius 3 is 2.32 bits per heavy atom. The van der Waals surface area contributed by atoms with Gasteiger partial charge in [0.25, 0.3) is 5.91 Å². The molecule has 0 bridgehead atoms. The number of urea groups is 1. The minimum Gasteiger partial charge on any atom is -0.449 e. The van der Waals surface area contributed by atoms with Gasteiger partial charge in [0.1, 0.15) is 5.82 Å². The zero-order valence-corrected chi connectivity index (χ0v) is 10.4. The molecule has 6 nitrogen and oxygen atoms in total. The molecule has 3 amide bonds. The summed E-state index contributed by atoms with van der Waals surface area (Å²) in [5, 5.41) is 4.16. The first-order chi connectivity index (χ1) is 8.93. The highest BCUT2D eigenvalue weighted by Crippen LogP contribution is 2.06. The molecule has 0 aliphatic heterocycles. The van der Waals surface area contributed by atoms with E-state index in [1.165, 1.54) is 26.1 Å². The van der Waals surface area contributed by atoms with Crippen molar-refractivity contribution in [1.82, 2.24) is 10.6 Å². The molecule has 0 aromatic heterocycles. The molecule has 0 aliphatic rings. The minimum absolute atomic E-state index is 0.112. The lowest BCUT2D eigenvalue weighted by Gasteiger charge is -2.12. The maximum Gasteiger partial charge on any atom is 0.338 e. The molecule has 2 N–H and O–H groups in total. The first-order valence-electron chi connectivity index (χ1n) is 5.43. The van der Waals surface area contributed by atoms with Crippen LogP contribution in [0.3, 0.4) is 0 Å². The van der Waals surface area contributed by atoms with Crippen LogP contribution in [-0.2, 0) is 9.53 Å². The van der Waals surface area contributed by atoms with Crippen LogP contribution >= 0.6 is 0 Å². The molecule has 0 aliphatic carbocycles. The van der Waals surface area contributed by atoms with Crippen molar-refractivity contribution in [2.75, 3.05) is 7.05 Å². The molecule has 19 heavy (non-hydrogen) atoms. The van der Waals surface area contributed by atoms with E-state index in [1.807, 2.05) is 5.32 Å². The molecule has 0 radical (unpaired) electrons. The van der Waals surface area contributed by atoms with Gasteiger partial charge >= 0.3 is 12.0 Å². The number of nitrogens with one attached hydrogen (secondary N) is 2. The van der Waals surface area contributed by atoms with Gasteiger partial charge in [-0.2, -0.15) is 0 Å². The van der Waals surface area contributed by atoms with Crippen LogP contribution in [0.1, 0.15) is 17.3 Å². The van der Waals surface area contributed by atoms with Crippen molar-refractivity contribution in [3.8, 4) is 0 Å². The normalized spacial score (nSPS) is 11.3. The Bertz CT molecular complexity index is 487. The van der Waals surface area contributed by atoms with Crippen molar-refractivity contribution >= 4 is 17.9 Å². The molecule has 1 aromatic rings. The predicted molar refractivity (Wildman–Crippen MR) is 63.9 cm³/mol. The number of benzene rings is 1. The van der Waals surface area contributed by atoms with Gasteiger partial charge < -0.3 is 10.1 Å². The predicted octanol–water partition coefficient (Wildman–Crippen LogP) is 0.827. The van der Waals surface area contributed by atoms with Gasteiger partial charge in [-0.05, 0) is 31.2 Å². The van der Waals surface area contributed by atoms with Crippen LogP contribution in [0.2, 0.25) is 0 Å². The monoisotopic (exact) mass is 268 g/mol. The molecule has 1 atom stereocenters. The van der Waals surface area contributed by atoms with E-state index in [2.05, 4.69) is 5.32 Å². The Morgan fingerprint density at radius 1 is 1.21 bits per heavy atom. The van der Waals surface area contributed by atoms with Crippen molar-refractivity contribution in [3.05, 3.63) is 35.6 Å². The Morgan fingerprint density at radius 2 is 1.79 bits per heavy atom. The minimum atomic E-state index is -1.14. The topological polar surface area (TPSA) is 84.5 Å². The zero-order valence-electron chi connectivity index (χ0n) is 10.4. The fourth-order valence-electron chi connectivity index (χ4n) is 1.14. The van der Waals surface area contributed by atoms with Crippen molar-refractivity contribution < 1.29 is 23.5 Å². The van der Waals surface area contributed by atoms with E-state index in [4.69, 9.17) is 4.74 Å². The molecule has 0 fully saturated rings. The van der Waals surface area contributed by atoms with Crippen LogP contribution in [0.5, 0.6) is 0 Å². The van der Waals surface area contributed by atoms with Crippen molar-refractivity contribution in [2.45, 2.75) is 13.0 Å². The maximum absolute atomic E-state index is 12.7. The second kappa shape index (κ2) is 6.48. The van der Waals surface area contributed by atoms with Gasteiger partial charge in [-0.3, -0.25) is 10.1 Å². The average molecular weight is 268 g/mol. The molecule has 0 spiro atoms. The van der Waals surface area contributed by atoms with E-state index in [0.29, 0.717) is 0 Å². The van der Waals surface area contributed by atoms with E-state index < -0.39 is 29.8 Å². The van der Waals surface area contributed by atoms with Gasteiger partial charge in [-0.25, -0.2) is 14.0 Å². The average Bonchev–Trinajstić information content (AvgIpc) is 2.38. The first kappa shape index (κ1) is 14.6. The lowest BCUT2D eigenvalue weighted by molar-refractivity contribution is -0.127. The number of esters is 1. The molecule has 0 saturated carbocycles. The number of imide groups is 1. The van der Waals surface area contributed by atoms with E-state index in [-0.39, 0.29) is 5.56 Å². The fourth-order valence-corrected chi connectivity index (χ4v) is 1.14. The smallest absolute Gasteiger partial charge is 0.338 e. The van der Waals surface area contributed by atoms with Crippen LogP contribution in [0.4, 0.5) is 9.18 Å². The van der Waals surface area contributed by atoms with Crippen LogP contribution in [-0.4, -0.2) is 31.1 Å². The number of carbonyl (C=O) groups is 3. The van der Waals surface area contributed by atoms with Crippen LogP contribution in [0.25, 0.3) is 0 Å². The molecule has 1 rings (SSSR count). The summed E-state index contributed by atoms with van der Waals surface area (Å²) >= 11 is 0. The number of carbonyl (C=O) groups excluding carboxylic acids is 3. The molecule has 7 heteroatoms. The van der Waals surface area contributed by atoms with Crippen molar-refractivity contribution in [3.63, 3.8) is 0 Å². The highest BCUT2D eigenvalue weighted by Gasteiger charge is 2.20. The van der Waals surface area contributed by atoms with Crippen LogP contribution < -0.4 is 10.6 Å². The van der Waals surface area contributed by atoms with Gasteiger partial charge in [-0.1, -0.05) is 0 Å². The third-order valence-electron chi connectivity index (χ3n) is 2.20. The maximum atomic E-state index is 12.7. The summed E-state index contributed by atoms with van der Waals surface area (Å²) in [7, 11) is 1.35.